The molecule has 102 valence electrons. The zero-order valence-corrected chi connectivity index (χ0v) is 12.2. The summed E-state index contributed by atoms with van der Waals surface area (Å²) in [5, 5.41) is 11.0. The van der Waals surface area contributed by atoms with Crippen LogP contribution in [0.1, 0.15) is 10.4 Å². The van der Waals surface area contributed by atoms with Gasteiger partial charge in [-0.1, -0.05) is 27.5 Å². The summed E-state index contributed by atoms with van der Waals surface area (Å²) in [4.78, 5) is 20.9. The molecule has 0 N–H and O–H groups in total. The normalized spacial score (nSPS) is 10.1. The summed E-state index contributed by atoms with van der Waals surface area (Å²) in [5.74, 6) is 0.580. The largest absolute Gasteiger partial charge is 0.456 e. The van der Waals surface area contributed by atoms with Crippen LogP contribution in [0.4, 0.5) is 5.69 Å². The number of nitro benzene ring substituents is 1. The minimum atomic E-state index is -0.519. The highest BCUT2D eigenvalue weighted by Crippen LogP contribution is 2.33. The van der Waals surface area contributed by atoms with Gasteiger partial charge in [0.15, 0.2) is 0 Å². The summed E-state index contributed by atoms with van der Waals surface area (Å²) in [6.45, 7) is 0. The lowest BCUT2D eigenvalue weighted by Gasteiger charge is -2.08. The molecule has 0 bridgehead atoms. The molecule has 0 saturated heterocycles. The molecule has 0 aliphatic carbocycles. The smallest absolute Gasteiger partial charge is 0.274 e. The zero-order valence-electron chi connectivity index (χ0n) is 9.88. The Hall–Kier alpha value is -1.92. The van der Waals surface area contributed by atoms with Crippen LogP contribution in [0.15, 0.2) is 40.9 Å². The molecule has 0 spiro atoms. The summed E-state index contributed by atoms with van der Waals surface area (Å²) >= 11 is 9.14. The number of aldehydes is 1. The van der Waals surface area contributed by atoms with Crippen LogP contribution in [0.2, 0.25) is 5.02 Å². The van der Waals surface area contributed by atoms with Crippen LogP contribution in [-0.2, 0) is 0 Å². The lowest BCUT2D eigenvalue weighted by Crippen LogP contribution is -1.91. The van der Waals surface area contributed by atoms with Crippen molar-refractivity contribution in [3.63, 3.8) is 0 Å². The molecule has 0 aromatic heterocycles. The molecule has 0 heterocycles. The predicted octanol–water partition coefficient (Wildman–Crippen LogP) is 4.62. The first-order valence-electron chi connectivity index (χ1n) is 5.37. The maximum Gasteiger partial charge on any atom is 0.274 e. The summed E-state index contributed by atoms with van der Waals surface area (Å²) in [7, 11) is 0. The SMILES string of the molecule is O=Cc1ccc(Oc2cc(Br)cc([N+](=O)[O-])c2)c(Cl)c1. The molecule has 0 unspecified atom stereocenters. The number of nitrogens with zero attached hydrogens (tertiary/aromatic N) is 1. The van der Waals surface area contributed by atoms with Crippen molar-refractivity contribution in [1.29, 1.82) is 0 Å². The Bertz CT molecular complexity index is 690. The van der Waals surface area contributed by atoms with Gasteiger partial charge in [-0.15, -0.1) is 0 Å². The fourth-order valence-electron chi connectivity index (χ4n) is 1.51. The van der Waals surface area contributed by atoms with E-state index in [4.69, 9.17) is 16.3 Å². The predicted molar refractivity (Wildman–Crippen MR) is 77.7 cm³/mol. The first-order valence-corrected chi connectivity index (χ1v) is 6.54. The van der Waals surface area contributed by atoms with E-state index in [9.17, 15) is 14.9 Å². The van der Waals surface area contributed by atoms with E-state index in [0.717, 1.165) is 0 Å². The Morgan fingerprint density at radius 3 is 2.60 bits per heavy atom. The molecule has 2 rings (SSSR count). The summed E-state index contributed by atoms with van der Waals surface area (Å²) < 4.78 is 6.01. The standard InChI is InChI=1S/C13H7BrClNO4/c14-9-4-10(16(18)19)6-11(5-9)20-13-2-1-8(7-17)3-12(13)15/h1-7H. The second-order valence-electron chi connectivity index (χ2n) is 3.81. The molecule has 2 aromatic carbocycles. The number of benzene rings is 2. The van der Waals surface area contributed by atoms with E-state index in [2.05, 4.69) is 15.9 Å². The third-order valence-electron chi connectivity index (χ3n) is 2.39. The number of non-ortho nitro benzene ring substituents is 1. The Balaban J connectivity index is 2.34. The molecule has 0 aliphatic heterocycles. The zero-order chi connectivity index (χ0) is 14.7. The van der Waals surface area contributed by atoms with Crippen LogP contribution in [0.25, 0.3) is 0 Å². The van der Waals surface area contributed by atoms with Crippen LogP contribution >= 0.6 is 27.5 Å². The quantitative estimate of drug-likeness (QED) is 0.455. The average molecular weight is 357 g/mol. The minimum absolute atomic E-state index is 0.102. The number of carbonyl (C=O) groups excluding carboxylic acids is 1. The highest BCUT2D eigenvalue weighted by molar-refractivity contribution is 9.10. The molecular formula is C13H7BrClNO4. The molecule has 0 amide bonds. The van der Waals surface area contributed by atoms with Gasteiger partial charge in [-0.05, 0) is 24.3 Å². The summed E-state index contributed by atoms with van der Waals surface area (Å²) in [5.41, 5.74) is 0.317. The summed E-state index contributed by atoms with van der Waals surface area (Å²) in [6, 6.07) is 8.76. The number of hydrogen-bond acceptors (Lipinski definition) is 4. The molecule has 5 nitrogen and oxygen atoms in total. The number of hydrogen-bond donors (Lipinski definition) is 0. The minimum Gasteiger partial charge on any atom is -0.456 e. The van der Waals surface area contributed by atoms with Crippen molar-refractivity contribution < 1.29 is 14.5 Å². The van der Waals surface area contributed by atoms with E-state index in [1.807, 2.05) is 0 Å². The molecule has 2 aromatic rings. The van der Waals surface area contributed by atoms with Crippen LogP contribution in [0.3, 0.4) is 0 Å². The molecule has 0 aliphatic rings. The Morgan fingerprint density at radius 1 is 1.25 bits per heavy atom. The van der Waals surface area contributed by atoms with Crippen LogP contribution in [0.5, 0.6) is 11.5 Å². The van der Waals surface area contributed by atoms with Crippen molar-refractivity contribution in [2.75, 3.05) is 0 Å². The maximum absolute atomic E-state index is 10.8. The van der Waals surface area contributed by atoms with Gasteiger partial charge in [-0.2, -0.15) is 0 Å². The van der Waals surface area contributed by atoms with Crippen molar-refractivity contribution in [2.24, 2.45) is 0 Å². The Kier molecular flexibility index (Phi) is 4.36. The van der Waals surface area contributed by atoms with Crippen molar-refractivity contribution in [2.45, 2.75) is 0 Å². The van der Waals surface area contributed by atoms with Crippen LogP contribution in [-0.4, -0.2) is 11.2 Å². The fourth-order valence-corrected chi connectivity index (χ4v) is 2.20. The number of halogens is 2. The van der Waals surface area contributed by atoms with Gasteiger partial charge in [0.05, 0.1) is 16.0 Å². The number of rotatable bonds is 4. The van der Waals surface area contributed by atoms with Crippen molar-refractivity contribution >= 4 is 39.5 Å². The topological polar surface area (TPSA) is 69.4 Å². The Labute approximate surface area is 127 Å². The average Bonchev–Trinajstić information content (AvgIpc) is 2.40. The molecule has 7 heteroatoms. The second kappa shape index (κ2) is 6.02. The number of ether oxygens (including phenoxy) is 1. The third-order valence-corrected chi connectivity index (χ3v) is 3.14. The second-order valence-corrected chi connectivity index (χ2v) is 5.13. The van der Waals surface area contributed by atoms with E-state index in [0.29, 0.717) is 22.1 Å². The van der Waals surface area contributed by atoms with E-state index >= 15 is 0 Å². The maximum atomic E-state index is 10.8. The first-order chi connectivity index (χ1) is 9.49. The van der Waals surface area contributed by atoms with Gasteiger partial charge >= 0.3 is 0 Å². The van der Waals surface area contributed by atoms with Gasteiger partial charge in [0, 0.05) is 16.1 Å². The van der Waals surface area contributed by atoms with Gasteiger partial charge < -0.3 is 4.74 Å². The lowest BCUT2D eigenvalue weighted by molar-refractivity contribution is -0.385. The van der Waals surface area contributed by atoms with E-state index in [1.165, 1.54) is 24.3 Å². The van der Waals surface area contributed by atoms with Gasteiger partial charge in [-0.25, -0.2) is 0 Å². The number of nitro groups is 1. The third kappa shape index (κ3) is 3.34. The van der Waals surface area contributed by atoms with E-state index in [1.54, 1.807) is 12.1 Å². The van der Waals surface area contributed by atoms with Gasteiger partial charge in [0.1, 0.15) is 17.8 Å². The van der Waals surface area contributed by atoms with Gasteiger partial charge in [0.2, 0.25) is 0 Å². The first kappa shape index (κ1) is 14.5. The van der Waals surface area contributed by atoms with E-state index < -0.39 is 4.92 Å². The van der Waals surface area contributed by atoms with Crippen molar-refractivity contribution in [3.05, 3.63) is 61.6 Å². The Morgan fingerprint density at radius 2 is 2.00 bits per heavy atom. The molecule has 0 saturated carbocycles. The van der Waals surface area contributed by atoms with Crippen molar-refractivity contribution in [3.8, 4) is 11.5 Å². The lowest BCUT2D eigenvalue weighted by atomic mass is 10.2. The number of carbonyl (C=O) groups is 1. The molecule has 20 heavy (non-hydrogen) atoms. The monoisotopic (exact) mass is 355 g/mol. The van der Waals surface area contributed by atoms with Gasteiger partial charge in [-0.3, -0.25) is 14.9 Å². The van der Waals surface area contributed by atoms with Crippen molar-refractivity contribution in [1.82, 2.24) is 0 Å². The fraction of sp³-hybridized carbons (Fsp3) is 0. The summed E-state index contributed by atoms with van der Waals surface area (Å²) in [6.07, 6.45) is 0.666. The molecule has 0 radical (unpaired) electrons. The van der Waals surface area contributed by atoms with Gasteiger partial charge in [0.25, 0.3) is 5.69 Å². The van der Waals surface area contributed by atoms with Crippen LogP contribution in [0, 0.1) is 10.1 Å². The molecule has 0 atom stereocenters. The van der Waals surface area contributed by atoms with E-state index in [-0.39, 0.29) is 16.5 Å². The molecular weight excluding hydrogens is 350 g/mol. The molecule has 0 fully saturated rings. The van der Waals surface area contributed by atoms with Crippen LogP contribution < -0.4 is 4.74 Å². The highest BCUT2D eigenvalue weighted by Gasteiger charge is 2.11. The highest BCUT2D eigenvalue weighted by atomic mass is 79.9.